The van der Waals surface area contributed by atoms with Crippen LogP contribution in [-0.2, 0) is 6.54 Å². The lowest BCUT2D eigenvalue weighted by Crippen LogP contribution is -2.20. The SMILES string of the molecule is NNCc1ccc(-n2cncn2)nc1. The van der Waals surface area contributed by atoms with Gasteiger partial charge in [0.05, 0.1) is 0 Å². The van der Waals surface area contributed by atoms with Gasteiger partial charge in [-0.05, 0) is 11.6 Å². The second-order valence-electron chi connectivity index (χ2n) is 2.75. The van der Waals surface area contributed by atoms with Crippen LogP contribution < -0.4 is 11.3 Å². The van der Waals surface area contributed by atoms with Crippen molar-refractivity contribution >= 4 is 0 Å². The van der Waals surface area contributed by atoms with E-state index in [1.54, 1.807) is 17.2 Å². The summed E-state index contributed by atoms with van der Waals surface area (Å²) in [5.74, 6) is 5.93. The monoisotopic (exact) mass is 190 g/mol. The van der Waals surface area contributed by atoms with Crippen LogP contribution in [0.1, 0.15) is 5.56 Å². The van der Waals surface area contributed by atoms with Gasteiger partial charge in [-0.15, -0.1) is 0 Å². The molecule has 0 saturated carbocycles. The summed E-state index contributed by atoms with van der Waals surface area (Å²) in [7, 11) is 0. The molecule has 0 unspecified atom stereocenters. The number of nitrogens with two attached hydrogens (primary N) is 1. The van der Waals surface area contributed by atoms with Crippen LogP contribution in [0.5, 0.6) is 0 Å². The first-order chi connectivity index (χ1) is 6.90. The minimum Gasteiger partial charge on any atom is -0.271 e. The minimum atomic E-state index is 0.602. The number of nitrogens with one attached hydrogen (secondary N) is 1. The molecular weight excluding hydrogens is 180 g/mol. The van der Waals surface area contributed by atoms with Gasteiger partial charge < -0.3 is 0 Å². The minimum absolute atomic E-state index is 0.602. The van der Waals surface area contributed by atoms with Gasteiger partial charge in [0.15, 0.2) is 5.82 Å². The third kappa shape index (κ3) is 1.76. The van der Waals surface area contributed by atoms with Crippen LogP contribution in [0.15, 0.2) is 31.0 Å². The molecular formula is C8H10N6. The number of hydrogen-bond acceptors (Lipinski definition) is 5. The summed E-state index contributed by atoms with van der Waals surface area (Å²) in [5.41, 5.74) is 3.59. The van der Waals surface area contributed by atoms with Crippen LogP contribution in [0.4, 0.5) is 0 Å². The standard InChI is InChI=1S/C8H10N6/c9-12-4-7-1-2-8(11-3-7)14-6-10-5-13-14/h1-3,5-6,12H,4,9H2. The van der Waals surface area contributed by atoms with Crippen LogP contribution in [0, 0.1) is 0 Å². The molecule has 2 aromatic rings. The highest BCUT2D eigenvalue weighted by Gasteiger charge is 1.97. The van der Waals surface area contributed by atoms with Gasteiger partial charge in [-0.3, -0.25) is 11.3 Å². The van der Waals surface area contributed by atoms with Crippen molar-refractivity contribution in [2.75, 3.05) is 0 Å². The molecule has 6 heteroatoms. The average molecular weight is 190 g/mol. The van der Waals surface area contributed by atoms with Gasteiger partial charge in [0, 0.05) is 12.7 Å². The van der Waals surface area contributed by atoms with E-state index >= 15 is 0 Å². The van der Waals surface area contributed by atoms with Crippen molar-refractivity contribution in [3.05, 3.63) is 36.5 Å². The Kier molecular flexibility index (Phi) is 2.48. The van der Waals surface area contributed by atoms with Crippen molar-refractivity contribution in [1.29, 1.82) is 0 Å². The fourth-order valence-electron chi connectivity index (χ4n) is 1.10. The zero-order valence-electron chi connectivity index (χ0n) is 7.46. The maximum absolute atomic E-state index is 5.19. The number of aromatic nitrogens is 4. The van der Waals surface area contributed by atoms with Crippen molar-refractivity contribution in [1.82, 2.24) is 25.2 Å². The maximum atomic E-state index is 5.19. The Morgan fingerprint density at radius 2 is 2.36 bits per heavy atom. The number of hydrogen-bond donors (Lipinski definition) is 2. The Hall–Kier alpha value is -1.79. The lowest BCUT2D eigenvalue weighted by atomic mass is 10.3. The molecule has 3 N–H and O–H groups in total. The Bertz CT molecular complexity index is 379. The Morgan fingerprint density at radius 3 is 2.93 bits per heavy atom. The lowest BCUT2D eigenvalue weighted by Gasteiger charge is -2.01. The first-order valence-corrected chi connectivity index (χ1v) is 4.13. The van der Waals surface area contributed by atoms with E-state index in [9.17, 15) is 0 Å². The molecule has 0 amide bonds. The third-order valence-corrected chi connectivity index (χ3v) is 1.77. The number of nitrogens with zero attached hydrogens (tertiary/aromatic N) is 4. The molecule has 0 radical (unpaired) electrons. The highest BCUT2D eigenvalue weighted by molar-refractivity contribution is 5.23. The fraction of sp³-hybridized carbons (Fsp3) is 0.125. The highest BCUT2D eigenvalue weighted by atomic mass is 15.3. The molecule has 0 aliphatic rings. The molecule has 0 saturated heterocycles. The first kappa shape index (κ1) is 8.79. The molecule has 6 nitrogen and oxygen atoms in total. The van der Waals surface area contributed by atoms with E-state index in [0.29, 0.717) is 6.54 Å². The Morgan fingerprint density at radius 1 is 1.43 bits per heavy atom. The van der Waals surface area contributed by atoms with Gasteiger partial charge in [-0.2, -0.15) is 5.10 Å². The zero-order chi connectivity index (χ0) is 9.80. The van der Waals surface area contributed by atoms with E-state index in [1.807, 2.05) is 12.1 Å². The van der Waals surface area contributed by atoms with Gasteiger partial charge in [0.25, 0.3) is 0 Å². The molecule has 0 atom stereocenters. The molecule has 0 aromatic carbocycles. The van der Waals surface area contributed by atoms with Gasteiger partial charge >= 0.3 is 0 Å². The topological polar surface area (TPSA) is 81.6 Å². The molecule has 2 heterocycles. The van der Waals surface area contributed by atoms with E-state index in [0.717, 1.165) is 11.4 Å². The zero-order valence-corrected chi connectivity index (χ0v) is 7.46. The predicted molar refractivity (Wildman–Crippen MR) is 50.2 cm³/mol. The van der Waals surface area contributed by atoms with Crippen molar-refractivity contribution in [3.8, 4) is 5.82 Å². The number of hydrazine groups is 1. The molecule has 0 spiro atoms. The Balaban J connectivity index is 2.22. The smallest absolute Gasteiger partial charge is 0.155 e. The van der Waals surface area contributed by atoms with Crippen molar-refractivity contribution in [2.45, 2.75) is 6.54 Å². The van der Waals surface area contributed by atoms with Crippen LogP contribution in [0.2, 0.25) is 0 Å². The van der Waals surface area contributed by atoms with Crippen molar-refractivity contribution < 1.29 is 0 Å². The maximum Gasteiger partial charge on any atom is 0.155 e. The summed E-state index contributed by atoms with van der Waals surface area (Å²) in [4.78, 5) is 8.04. The van der Waals surface area contributed by atoms with Crippen molar-refractivity contribution in [2.24, 2.45) is 5.84 Å². The molecule has 0 fully saturated rings. The molecule has 0 bridgehead atoms. The average Bonchev–Trinajstić information content (AvgIpc) is 2.72. The van der Waals surface area contributed by atoms with E-state index < -0.39 is 0 Å². The Labute approximate surface area is 80.8 Å². The first-order valence-electron chi connectivity index (χ1n) is 4.13. The van der Waals surface area contributed by atoms with E-state index in [-0.39, 0.29) is 0 Å². The second kappa shape index (κ2) is 3.95. The van der Waals surface area contributed by atoms with Gasteiger partial charge in [-0.25, -0.2) is 14.6 Å². The summed E-state index contributed by atoms with van der Waals surface area (Å²) in [6, 6.07) is 3.80. The van der Waals surface area contributed by atoms with Crippen molar-refractivity contribution in [3.63, 3.8) is 0 Å². The van der Waals surface area contributed by atoms with E-state index in [4.69, 9.17) is 5.84 Å². The highest BCUT2D eigenvalue weighted by Crippen LogP contribution is 2.02. The summed E-state index contributed by atoms with van der Waals surface area (Å²) in [5, 5.41) is 3.96. The molecule has 0 aliphatic carbocycles. The number of pyridine rings is 1. The van der Waals surface area contributed by atoms with E-state index in [1.165, 1.54) is 6.33 Å². The van der Waals surface area contributed by atoms with Gasteiger partial charge in [0.2, 0.25) is 0 Å². The van der Waals surface area contributed by atoms with E-state index in [2.05, 4.69) is 20.5 Å². The lowest BCUT2D eigenvalue weighted by molar-refractivity contribution is 0.736. The predicted octanol–water partition coefficient (Wildman–Crippen LogP) is -0.374. The fourth-order valence-corrected chi connectivity index (χ4v) is 1.10. The largest absolute Gasteiger partial charge is 0.271 e. The van der Waals surface area contributed by atoms with Crippen LogP contribution in [0.25, 0.3) is 5.82 Å². The summed E-state index contributed by atoms with van der Waals surface area (Å²) >= 11 is 0. The summed E-state index contributed by atoms with van der Waals surface area (Å²) < 4.78 is 1.60. The van der Waals surface area contributed by atoms with Crippen LogP contribution in [-0.4, -0.2) is 19.7 Å². The van der Waals surface area contributed by atoms with Crippen LogP contribution in [0.3, 0.4) is 0 Å². The molecule has 72 valence electrons. The summed E-state index contributed by atoms with van der Waals surface area (Å²) in [6.07, 6.45) is 4.82. The van der Waals surface area contributed by atoms with Crippen LogP contribution >= 0.6 is 0 Å². The van der Waals surface area contributed by atoms with Gasteiger partial charge in [-0.1, -0.05) is 6.07 Å². The van der Waals surface area contributed by atoms with Gasteiger partial charge in [0.1, 0.15) is 12.7 Å². The second-order valence-corrected chi connectivity index (χ2v) is 2.75. The number of rotatable bonds is 3. The normalized spacial score (nSPS) is 10.4. The molecule has 2 aromatic heterocycles. The quantitative estimate of drug-likeness (QED) is 0.509. The third-order valence-electron chi connectivity index (χ3n) is 1.77. The molecule has 14 heavy (non-hydrogen) atoms. The molecule has 0 aliphatic heterocycles. The summed E-state index contributed by atoms with van der Waals surface area (Å²) in [6.45, 7) is 0.602. The molecule has 2 rings (SSSR count).